The lowest BCUT2D eigenvalue weighted by Gasteiger charge is -2.32. The normalized spacial score (nSPS) is 21.6. The van der Waals surface area contributed by atoms with Crippen molar-refractivity contribution in [2.24, 2.45) is 5.92 Å². The number of aryl methyl sites for hydroxylation is 1. The number of nitrogens with zero attached hydrogens (tertiary/aromatic N) is 3. The second kappa shape index (κ2) is 7.16. The summed E-state index contributed by atoms with van der Waals surface area (Å²) in [5.41, 5.74) is 2.51. The number of pyridine rings is 1. The Labute approximate surface area is 138 Å². The topological polar surface area (TPSA) is 39.9 Å². The van der Waals surface area contributed by atoms with Gasteiger partial charge in [0.15, 0.2) is 0 Å². The summed E-state index contributed by atoms with van der Waals surface area (Å²) in [5.74, 6) is 1.98. The van der Waals surface area contributed by atoms with Crippen molar-refractivity contribution in [3.05, 3.63) is 42.0 Å². The Kier molecular flexibility index (Phi) is 4.99. The largest absolute Gasteiger partial charge is 0.492 e. The van der Waals surface area contributed by atoms with E-state index in [1.165, 1.54) is 31.4 Å². The highest BCUT2D eigenvalue weighted by Gasteiger charge is 2.30. The van der Waals surface area contributed by atoms with Gasteiger partial charge in [0.2, 0.25) is 0 Å². The molecule has 0 aromatic carbocycles. The van der Waals surface area contributed by atoms with Gasteiger partial charge < -0.3 is 4.74 Å². The molecule has 0 radical (unpaired) electrons. The lowest BCUT2D eigenvalue weighted by atomic mass is 9.77. The molecule has 0 bridgehead atoms. The molecule has 1 aliphatic rings. The molecule has 2 atom stereocenters. The van der Waals surface area contributed by atoms with E-state index in [0.717, 1.165) is 17.9 Å². The Hall–Kier alpha value is -1.84. The molecule has 1 fully saturated rings. The maximum atomic E-state index is 6.06. The molecule has 2 aromatic rings. The van der Waals surface area contributed by atoms with E-state index in [1.807, 2.05) is 25.5 Å². The van der Waals surface area contributed by atoms with E-state index < -0.39 is 0 Å². The first kappa shape index (κ1) is 16.0. The van der Waals surface area contributed by atoms with E-state index in [4.69, 9.17) is 4.74 Å². The van der Waals surface area contributed by atoms with Crippen molar-refractivity contribution < 1.29 is 4.74 Å². The van der Waals surface area contributed by atoms with Crippen LogP contribution in [0.1, 0.15) is 62.7 Å². The predicted molar refractivity (Wildman–Crippen MR) is 91.8 cm³/mol. The van der Waals surface area contributed by atoms with Crippen molar-refractivity contribution >= 4 is 0 Å². The minimum atomic E-state index is 0.407. The van der Waals surface area contributed by atoms with E-state index in [9.17, 15) is 0 Å². The SMILES string of the molecule is Cc1cncc(OCC2CCCCC2c2ccnn2C(C)C)c1. The molecule has 1 aliphatic carbocycles. The molecule has 0 aliphatic heterocycles. The van der Waals surface area contributed by atoms with E-state index in [2.05, 4.69) is 40.7 Å². The van der Waals surface area contributed by atoms with Crippen LogP contribution in [0.3, 0.4) is 0 Å². The molecule has 0 N–H and O–H groups in total. The van der Waals surface area contributed by atoms with Crippen LogP contribution in [0, 0.1) is 12.8 Å². The summed E-state index contributed by atoms with van der Waals surface area (Å²) < 4.78 is 8.24. The van der Waals surface area contributed by atoms with Crippen LogP contribution >= 0.6 is 0 Å². The van der Waals surface area contributed by atoms with Gasteiger partial charge in [-0.1, -0.05) is 12.8 Å². The standard InChI is InChI=1S/C19H27N3O/c1-14(2)22-19(8-9-21-22)18-7-5-4-6-16(18)13-23-17-10-15(3)11-20-12-17/h8-12,14,16,18H,4-7,13H2,1-3H3. The summed E-state index contributed by atoms with van der Waals surface area (Å²) in [6, 6.07) is 4.66. The molecule has 3 rings (SSSR count). The van der Waals surface area contributed by atoms with Crippen molar-refractivity contribution in [3.8, 4) is 5.75 Å². The highest BCUT2D eigenvalue weighted by Crippen LogP contribution is 2.38. The molecule has 1 saturated carbocycles. The lowest BCUT2D eigenvalue weighted by molar-refractivity contribution is 0.180. The predicted octanol–water partition coefficient (Wildman–Crippen LogP) is 4.52. The summed E-state index contributed by atoms with van der Waals surface area (Å²) >= 11 is 0. The Morgan fingerprint density at radius 2 is 2.09 bits per heavy atom. The minimum Gasteiger partial charge on any atom is -0.492 e. The van der Waals surface area contributed by atoms with Crippen LogP contribution in [0.5, 0.6) is 5.75 Å². The smallest absolute Gasteiger partial charge is 0.137 e. The number of aromatic nitrogens is 3. The summed E-state index contributed by atoms with van der Waals surface area (Å²) in [6.07, 6.45) is 10.7. The summed E-state index contributed by atoms with van der Waals surface area (Å²) in [6.45, 7) is 7.20. The van der Waals surface area contributed by atoms with Crippen LogP contribution in [-0.4, -0.2) is 21.4 Å². The molecular weight excluding hydrogens is 286 g/mol. The first-order valence-corrected chi connectivity index (χ1v) is 8.73. The third-order valence-electron chi connectivity index (χ3n) is 4.79. The van der Waals surface area contributed by atoms with Crippen LogP contribution in [0.15, 0.2) is 30.7 Å². The fourth-order valence-electron chi connectivity index (χ4n) is 3.66. The second-order valence-electron chi connectivity index (χ2n) is 6.95. The van der Waals surface area contributed by atoms with Gasteiger partial charge in [0.25, 0.3) is 0 Å². The van der Waals surface area contributed by atoms with Gasteiger partial charge in [-0.2, -0.15) is 5.10 Å². The number of hydrogen-bond acceptors (Lipinski definition) is 3. The minimum absolute atomic E-state index is 0.407. The second-order valence-corrected chi connectivity index (χ2v) is 6.95. The van der Waals surface area contributed by atoms with E-state index >= 15 is 0 Å². The summed E-state index contributed by atoms with van der Waals surface area (Å²) in [4.78, 5) is 4.22. The van der Waals surface area contributed by atoms with Crippen molar-refractivity contribution in [1.82, 2.24) is 14.8 Å². The van der Waals surface area contributed by atoms with E-state index in [1.54, 1.807) is 0 Å². The quantitative estimate of drug-likeness (QED) is 0.814. The van der Waals surface area contributed by atoms with Gasteiger partial charge in [0, 0.05) is 36.0 Å². The molecule has 0 spiro atoms. The zero-order chi connectivity index (χ0) is 16.2. The zero-order valence-corrected chi connectivity index (χ0v) is 14.4. The molecule has 4 nitrogen and oxygen atoms in total. The van der Waals surface area contributed by atoms with Crippen LogP contribution in [0.2, 0.25) is 0 Å². The van der Waals surface area contributed by atoms with Gasteiger partial charge in [0.1, 0.15) is 5.75 Å². The number of hydrogen-bond donors (Lipinski definition) is 0. The van der Waals surface area contributed by atoms with Gasteiger partial charge in [0.05, 0.1) is 12.8 Å². The molecule has 0 amide bonds. The van der Waals surface area contributed by atoms with E-state index in [0.29, 0.717) is 17.9 Å². The molecule has 23 heavy (non-hydrogen) atoms. The van der Waals surface area contributed by atoms with Crippen molar-refractivity contribution in [2.75, 3.05) is 6.61 Å². The summed E-state index contributed by atoms with van der Waals surface area (Å²) in [7, 11) is 0. The maximum Gasteiger partial charge on any atom is 0.137 e. The fraction of sp³-hybridized carbons (Fsp3) is 0.579. The van der Waals surface area contributed by atoms with Gasteiger partial charge >= 0.3 is 0 Å². The van der Waals surface area contributed by atoms with Crippen LogP contribution in [-0.2, 0) is 0 Å². The summed E-state index contributed by atoms with van der Waals surface area (Å²) in [5, 5.41) is 4.52. The molecule has 0 saturated heterocycles. The van der Waals surface area contributed by atoms with Crippen molar-refractivity contribution in [1.29, 1.82) is 0 Å². The van der Waals surface area contributed by atoms with Crippen molar-refractivity contribution in [2.45, 2.75) is 58.4 Å². The highest BCUT2D eigenvalue weighted by molar-refractivity contribution is 5.22. The van der Waals surface area contributed by atoms with E-state index in [-0.39, 0.29) is 0 Å². The van der Waals surface area contributed by atoms with Crippen LogP contribution in [0.4, 0.5) is 0 Å². The molecule has 124 valence electrons. The molecule has 2 unspecified atom stereocenters. The Bertz CT molecular complexity index is 635. The lowest BCUT2D eigenvalue weighted by Crippen LogP contribution is -2.26. The molecule has 2 aromatic heterocycles. The van der Waals surface area contributed by atoms with Gasteiger partial charge in [-0.3, -0.25) is 9.67 Å². The highest BCUT2D eigenvalue weighted by atomic mass is 16.5. The monoisotopic (exact) mass is 313 g/mol. The van der Waals surface area contributed by atoms with Gasteiger partial charge in [-0.05, 0) is 51.3 Å². The average Bonchev–Trinajstić information content (AvgIpc) is 3.03. The average molecular weight is 313 g/mol. The Morgan fingerprint density at radius 3 is 2.87 bits per heavy atom. The fourth-order valence-corrected chi connectivity index (χ4v) is 3.66. The van der Waals surface area contributed by atoms with Gasteiger partial charge in [-0.25, -0.2) is 0 Å². The Morgan fingerprint density at radius 1 is 1.26 bits per heavy atom. The van der Waals surface area contributed by atoms with Crippen molar-refractivity contribution in [3.63, 3.8) is 0 Å². The third-order valence-corrected chi connectivity index (χ3v) is 4.79. The molecule has 4 heteroatoms. The number of rotatable bonds is 5. The third kappa shape index (κ3) is 3.74. The first-order chi connectivity index (χ1) is 11.1. The van der Waals surface area contributed by atoms with Gasteiger partial charge in [-0.15, -0.1) is 0 Å². The number of ether oxygens (including phenoxy) is 1. The Balaban J connectivity index is 1.72. The zero-order valence-electron chi connectivity index (χ0n) is 14.4. The maximum absolute atomic E-state index is 6.06. The first-order valence-electron chi connectivity index (χ1n) is 8.73. The molecular formula is C19H27N3O. The van der Waals surface area contributed by atoms with Crippen LogP contribution < -0.4 is 4.74 Å². The molecule has 2 heterocycles. The van der Waals surface area contributed by atoms with Crippen LogP contribution in [0.25, 0.3) is 0 Å².